The molecule has 0 fully saturated rings. The molecule has 0 heterocycles. The van der Waals surface area contributed by atoms with Crippen LogP contribution >= 0.6 is 0 Å². The summed E-state index contributed by atoms with van der Waals surface area (Å²) < 4.78 is 23.8. The number of hydrogen-bond acceptors (Lipinski definition) is 2. The Hall–Kier alpha value is -0.0800. The van der Waals surface area contributed by atoms with Gasteiger partial charge in [-0.25, -0.2) is 0 Å². The second-order valence-corrected chi connectivity index (χ2v) is 1.16. The summed E-state index contributed by atoms with van der Waals surface area (Å²) in [6, 6.07) is 0. The Labute approximate surface area is 42.0 Å². The van der Waals surface area contributed by atoms with E-state index in [1.807, 2.05) is 0 Å². The lowest BCUT2D eigenvalue weighted by Crippen LogP contribution is -2.07. The minimum atomic E-state index is -2.38. The van der Waals surface area contributed by atoms with Crippen molar-refractivity contribution in [2.24, 2.45) is 0 Å². The summed E-state index contributed by atoms with van der Waals surface area (Å²) in [7, 11) is -2.38. The SMILES string of the molecule is [2H]C([2H])([2H])OCC(C)O. The predicted molar refractivity (Wildman–Crippen MR) is 23.6 cm³/mol. The first-order valence-electron chi connectivity index (χ1n) is 3.24. The van der Waals surface area contributed by atoms with Crippen molar-refractivity contribution >= 4 is 0 Å². The third-order valence-electron chi connectivity index (χ3n) is 0.325. The van der Waals surface area contributed by atoms with E-state index in [-0.39, 0.29) is 6.61 Å². The molecule has 6 heavy (non-hydrogen) atoms. The largest absolute Gasteiger partial charge is 0.391 e. The zero-order valence-corrected chi connectivity index (χ0v) is 3.64. The number of hydrogen-bond donors (Lipinski definition) is 1. The molecule has 2 heteroatoms. The van der Waals surface area contributed by atoms with Gasteiger partial charge in [0.05, 0.1) is 16.8 Å². The lowest BCUT2D eigenvalue weighted by atomic mass is 10.5. The van der Waals surface area contributed by atoms with Crippen LogP contribution in [0.2, 0.25) is 0 Å². The summed E-state index contributed by atoms with van der Waals surface area (Å²) in [6.07, 6.45) is -0.717. The smallest absolute Gasteiger partial charge is 0.0745 e. The Morgan fingerprint density at radius 3 is 3.00 bits per heavy atom. The van der Waals surface area contributed by atoms with E-state index in [0.717, 1.165) is 0 Å². The Kier molecular flexibility index (Phi) is 1.19. The standard InChI is InChI=1S/C4H10O2/c1-4(5)3-6-2/h4-5H,3H2,1-2H3/i2D3. The molecule has 0 aromatic carbocycles. The molecule has 0 aliphatic rings. The van der Waals surface area contributed by atoms with E-state index in [4.69, 9.17) is 9.22 Å². The predicted octanol–water partition coefficient (Wildman–Crippen LogP) is 0.0136. The van der Waals surface area contributed by atoms with Crippen molar-refractivity contribution in [2.75, 3.05) is 13.6 Å². The minimum absolute atomic E-state index is 0.142. The quantitative estimate of drug-likeness (QED) is 0.521. The van der Waals surface area contributed by atoms with Crippen molar-refractivity contribution in [1.82, 2.24) is 0 Å². The number of aliphatic hydroxyl groups excluding tert-OH is 1. The molecular weight excluding hydrogens is 80.0 g/mol. The van der Waals surface area contributed by atoms with E-state index in [2.05, 4.69) is 4.74 Å². The summed E-state index contributed by atoms with van der Waals surface area (Å²) in [5.74, 6) is 0. The molecule has 0 rings (SSSR count). The van der Waals surface area contributed by atoms with Crippen LogP contribution in [0.4, 0.5) is 0 Å². The lowest BCUT2D eigenvalue weighted by Gasteiger charge is -1.97. The van der Waals surface area contributed by atoms with Crippen LogP contribution < -0.4 is 0 Å². The molecule has 0 aromatic heterocycles. The van der Waals surface area contributed by atoms with Gasteiger partial charge in [0, 0.05) is 7.04 Å². The summed E-state index contributed by atoms with van der Waals surface area (Å²) in [4.78, 5) is 0. The minimum Gasteiger partial charge on any atom is -0.391 e. The highest BCUT2D eigenvalue weighted by Gasteiger charge is 1.87. The van der Waals surface area contributed by atoms with Gasteiger partial charge >= 0.3 is 0 Å². The van der Waals surface area contributed by atoms with Crippen LogP contribution in [0.3, 0.4) is 0 Å². The lowest BCUT2D eigenvalue weighted by molar-refractivity contribution is 0.0765. The van der Waals surface area contributed by atoms with Crippen LogP contribution in [0.25, 0.3) is 0 Å². The highest BCUT2D eigenvalue weighted by Crippen LogP contribution is 1.75. The zero-order chi connectivity index (χ0) is 7.49. The van der Waals surface area contributed by atoms with Crippen molar-refractivity contribution in [3.8, 4) is 0 Å². The van der Waals surface area contributed by atoms with Gasteiger partial charge in [-0.3, -0.25) is 0 Å². The first-order valence-corrected chi connectivity index (χ1v) is 1.74. The molecule has 1 N–H and O–H groups in total. The molecular formula is C4H10O2. The normalized spacial score (nSPS) is 24.0. The second-order valence-electron chi connectivity index (χ2n) is 1.16. The fourth-order valence-electron chi connectivity index (χ4n) is 0.121. The van der Waals surface area contributed by atoms with E-state index in [9.17, 15) is 0 Å². The average Bonchev–Trinajstić information content (AvgIpc) is 1.59. The van der Waals surface area contributed by atoms with Gasteiger partial charge in [0.2, 0.25) is 0 Å². The maximum atomic E-state index is 8.54. The summed E-state index contributed by atoms with van der Waals surface area (Å²) >= 11 is 0. The molecule has 0 aromatic rings. The molecule has 0 aliphatic heterocycles. The second kappa shape index (κ2) is 3.12. The molecule has 0 saturated carbocycles. The van der Waals surface area contributed by atoms with Crippen LogP contribution in [0.15, 0.2) is 0 Å². The first-order chi connectivity index (χ1) is 3.92. The summed E-state index contributed by atoms with van der Waals surface area (Å²) in [6.45, 7) is 1.32. The molecule has 0 amide bonds. The van der Waals surface area contributed by atoms with Gasteiger partial charge in [0.15, 0.2) is 0 Å². The van der Waals surface area contributed by atoms with Crippen molar-refractivity contribution in [1.29, 1.82) is 0 Å². The zero-order valence-electron chi connectivity index (χ0n) is 6.64. The highest BCUT2D eigenvalue weighted by molar-refractivity contribution is 4.36. The van der Waals surface area contributed by atoms with Crippen molar-refractivity contribution < 1.29 is 14.0 Å². The third-order valence-corrected chi connectivity index (χ3v) is 0.325. The average molecular weight is 93.1 g/mol. The van der Waals surface area contributed by atoms with Gasteiger partial charge in [-0.15, -0.1) is 0 Å². The van der Waals surface area contributed by atoms with E-state index in [1.165, 1.54) is 6.92 Å². The number of methoxy groups -OCH3 is 1. The Balaban J connectivity index is 3.28. The van der Waals surface area contributed by atoms with Crippen molar-refractivity contribution in [3.63, 3.8) is 0 Å². The molecule has 0 radical (unpaired) electrons. The fourth-order valence-corrected chi connectivity index (χ4v) is 0.121. The van der Waals surface area contributed by atoms with Crippen LogP contribution in [0, 0.1) is 0 Å². The maximum absolute atomic E-state index is 8.54. The van der Waals surface area contributed by atoms with E-state index < -0.39 is 13.1 Å². The van der Waals surface area contributed by atoms with Gasteiger partial charge in [-0.05, 0) is 6.92 Å². The van der Waals surface area contributed by atoms with Crippen LogP contribution in [-0.2, 0) is 4.74 Å². The van der Waals surface area contributed by atoms with Crippen LogP contribution in [0.5, 0.6) is 0 Å². The monoisotopic (exact) mass is 93.1 g/mol. The topological polar surface area (TPSA) is 29.5 Å². The van der Waals surface area contributed by atoms with E-state index in [0.29, 0.717) is 0 Å². The Morgan fingerprint density at radius 2 is 2.83 bits per heavy atom. The molecule has 2 nitrogen and oxygen atoms in total. The number of aliphatic hydroxyl groups is 1. The molecule has 1 unspecified atom stereocenters. The third kappa shape index (κ3) is 3.92. The number of ether oxygens (including phenoxy) is 1. The van der Waals surface area contributed by atoms with E-state index >= 15 is 0 Å². The van der Waals surface area contributed by atoms with E-state index in [1.54, 1.807) is 0 Å². The van der Waals surface area contributed by atoms with Crippen molar-refractivity contribution in [3.05, 3.63) is 0 Å². The molecule has 0 spiro atoms. The highest BCUT2D eigenvalue weighted by atomic mass is 16.5. The van der Waals surface area contributed by atoms with Gasteiger partial charge in [-0.2, -0.15) is 0 Å². The van der Waals surface area contributed by atoms with Gasteiger partial charge in [0.25, 0.3) is 0 Å². The first kappa shape index (κ1) is 2.28. The fraction of sp³-hybridized carbons (Fsp3) is 1.00. The molecule has 0 saturated heterocycles. The van der Waals surface area contributed by atoms with Crippen LogP contribution in [0.1, 0.15) is 11.0 Å². The maximum Gasteiger partial charge on any atom is 0.0745 e. The molecule has 38 valence electrons. The van der Waals surface area contributed by atoms with Gasteiger partial charge < -0.3 is 9.84 Å². The van der Waals surface area contributed by atoms with Crippen LogP contribution in [-0.4, -0.2) is 24.9 Å². The van der Waals surface area contributed by atoms with Gasteiger partial charge in [0.1, 0.15) is 0 Å². The number of rotatable bonds is 2. The summed E-state index contributed by atoms with van der Waals surface area (Å²) in [5.41, 5.74) is 0. The Morgan fingerprint density at radius 1 is 2.17 bits per heavy atom. The summed E-state index contributed by atoms with van der Waals surface area (Å²) in [5, 5.41) is 8.54. The van der Waals surface area contributed by atoms with Crippen molar-refractivity contribution in [2.45, 2.75) is 13.0 Å². The molecule has 0 aliphatic carbocycles. The molecule has 0 bridgehead atoms. The molecule has 1 atom stereocenters. The van der Waals surface area contributed by atoms with Gasteiger partial charge in [-0.1, -0.05) is 0 Å². The Bertz CT molecular complexity index is 78.4.